The molecule has 1 N–H and O–H groups in total. The molecule has 0 aliphatic rings. The molecule has 0 aliphatic carbocycles. The first-order chi connectivity index (χ1) is 10.4. The summed E-state index contributed by atoms with van der Waals surface area (Å²) >= 11 is 11.9. The monoisotopic (exact) mass is 337 g/mol. The lowest BCUT2D eigenvalue weighted by atomic mass is 10.1. The number of rotatable bonds is 4. The molecule has 0 saturated carbocycles. The van der Waals surface area contributed by atoms with E-state index in [0.717, 1.165) is 16.8 Å². The summed E-state index contributed by atoms with van der Waals surface area (Å²) in [5.41, 5.74) is 2.92. The Bertz CT molecular complexity index is 701. The van der Waals surface area contributed by atoms with E-state index in [1.54, 1.807) is 25.1 Å². The lowest BCUT2D eigenvalue weighted by Gasteiger charge is -2.16. The molecular formula is C17H17Cl2NO2. The van der Waals surface area contributed by atoms with Gasteiger partial charge in [0.1, 0.15) is 5.75 Å². The summed E-state index contributed by atoms with van der Waals surface area (Å²) < 4.78 is 5.60. The van der Waals surface area contributed by atoms with Gasteiger partial charge in [-0.15, -0.1) is 0 Å². The van der Waals surface area contributed by atoms with E-state index < -0.39 is 6.10 Å². The molecule has 2 aromatic carbocycles. The zero-order valence-electron chi connectivity index (χ0n) is 12.6. The van der Waals surface area contributed by atoms with E-state index in [1.807, 2.05) is 32.0 Å². The van der Waals surface area contributed by atoms with E-state index in [1.165, 1.54) is 0 Å². The number of halogens is 2. The Balaban J connectivity index is 2.05. The molecular weight excluding hydrogens is 321 g/mol. The fourth-order valence-electron chi connectivity index (χ4n) is 2.00. The van der Waals surface area contributed by atoms with E-state index in [4.69, 9.17) is 27.9 Å². The van der Waals surface area contributed by atoms with Gasteiger partial charge in [0, 0.05) is 10.7 Å². The van der Waals surface area contributed by atoms with Gasteiger partial charge in [0.05, 0.1) is 5.02 Å². The lowest BCUT2D eigenvalue weighted by molar-refractivity contribution is -0.122. The van der Waals surface area contributed by atoms with Crippen LogP contribution < -0.4 is 10.1 Å². The van der Waals surface area contributed by atoms with Gasteiger partial charge < -0.3 is 10.1 Å². The molecule has 116 valence electrons. The van der Waals surface area contributed by atoms with Gasteiger partial charge in [0.2, 0.25) is 0 Å². The van der Waals surface area contributed by atoms with Gasteiger partial charge >= 0.3 is 0 Å². The minimum atomic E-state index is -0.681. The van der Waals surface area contributed by atoms with Crippen LogP contribution in [0.2, 0.25) is 10.0 Å². The van der Waals surface area contributed by atoms with Crippen molar-refractivity contribution in [1.82, 2.24) is 0 Å². The molecule has 1 amide bonds. The second-order valence-electron chi connectivity index (χ2n) is 5.14. The highest BCUT2D eigenvalue weighted by Gasteiger charge is 2.17. The minimum Gasteiger partial charge on any atom is -0.479 e. The Morgan fingerprint density at radius 1 is 1.14 bits per heavy atom. The Hall–Kier alpha value is -1.71. The summed E-state index contributed by atoms with van der Waals surface area (Å²) in [5.74, 6) is 0.187. The SMILES string of the molecule is Cc1ccc(NC(=O)[C@@H](C)Oc2ccc(Cl)cc2Cl)c(C)c1. The topological polar surface area (TPSA) is 38.3 Å². The Kier molecular flexibility index (Phi) is 5.33. The predicted molar refractivity (Wildman–Crippen MR) is 91.1 cm³/mol. The number of amides is 1. The first-order valence-corrected chi connectivity index (χ1v) is 7.62. The molecule has 0 aliphatic heterocycles. The molecule has 0 fully saturated rings. The standard InChI is InChI=1S/C17H17Cl2NO2/c1-10-4-6-15(11(2)8-10)20-17(21)12(3)22-16-7-5-13(18)9-14(16)19/h4-9,12H,1-3H3,(H,20,21)/t12-/m1/s1. The van der Waals surface area contributed by atoms with Crippen molar-refractivity contribution >= 4 is 34.8 Å². The number of benzene rings is 2. The fraction of sp³-hybridized carbons (Fsp3) is 0.235. The second kappa shape index (κ2) is 7.03. The fourth-order valence-corrected chi connectivity index (χ4v) is 2.46. The molecule has 0 bridgehead atoms. The van der Waals surface area contributed by atoms with Crippen LogP contribution in [0.25, 0.3) is 0 Å². The summed E-state index contributed by atoms with van der Waals surface area (Å²) in [6, 6.07) is 10.7. The third-order valence-corrected chi connectivity index (χ3v) is 3.74. The van der Waals surface area contributed by atoms with E-state index >= 15 is 0 Å². The van der Waals surface area contributed by atoms with Crippen molar-refractivity contribution < 1.29 is 9.53 Å². The molecule has 0 spiro atoms. The zero-order valence-corrected chi connectivity index (χ0v) is 14.1. The second-order valence-corrected chi connectivity index (χ2v) is 5.99. The van der Waals surface area contributed by atoms with Gasteiger partial charge in [-0.25, -0.2) is 0 Å². The molecule has 1 atom stereocenters. The maximum Gasteiger partial charge on any atom is 0.265 e. The van der Waals surface area contributed by atoms with Gasteiger partial charge in [0.15, 0.2) is 6.10 Å². The van der Waals surface area contributed by atoms with Crippen molar-refractivity contribution in [3.8, 4) is 5.75 Å². The molecule has 3 nitrogen and oxygen atoms in total. The van der Waals surface area contributed by atoms with Crippen LogP contribution in [0.1, 0.15) is 18.1 Å². The normalized spacial score (nSPS) is 11.9. The smallest absolute Gasteiger partial charge is 0.265 e. The van der Waals surface area contributed by atoms with Crippen molar-refractivity contribution in [2.75, 3.05) is 5.32 Å². The van der Waals surface area contributed by atoms with E-state index in [-0.39, 0.29) is 5.91 Å². The van der Waals surface area contributed by atoms with Gasteiger partial charge in [-0.1, -0.05) is 40.9 Å². The van der Waals surface area contributed by atoms with Gasteiger partial charge in [-0.3, -0.25) is 4.79 Å². The van der Waals surface area contributed by atoms with Crippen molar-refractivity contribution in [1.29, 1.82) is 0 Å². The summed E-state index contributed by atoms with van der Waals surface area (Å²) in [6.45, 7) is 5.63. The molecule has 2 rings (SSSR count). The summed E-state index contributed by atoms with van der Waals surface area (Å²) in [7, 11) is 0. The zero-order chi connectivity index (χ0) is 16.3. The highest BCUT2D eigenvalue weighted by molar-refractivity contribution is 6.35. The Labute approximate surface area is 140 Å². The Morgan fingerprint density at radius 3 is 2.50 bits per heavy atom. The predicted octanol–water partition coefficient (Wildman–Crippen LogP) is 5.02. The van der Waals surface area contributed by atoms with Crippen LogP contribution in [-0.4, -0.2) is 12.0 Å². The maximum absolute atomic E-state index is 12.2. The number of hydrogen-bond donors (Lipinski definition) is 1. The third-order valence-electron chi connectivity index (χ3n) is 3.21. The average molecular weight is 338 g/mol. The largest absolute Gasteiger partial charge is 0.479 e. The molecule has 22 heavy (non-hydrogen) atoms. The quantitative estimate of drug-likeness (QED) is 0.850. The molecule has 0 unspecified atom stereocenters. The number of nitrogens with one attached hydrogen (secondary N) is 1. The first-order valence-electron chi connectivity index (χ1n) is 6.86. The first kappa shape index (κ1) is 16.7. The number of aryl methyl sites for hydroxylation is 2. The molecule has 5 heteroatoms. The Morgan fingerprint density at radius 2 is 1.86 bits per heavy atom. The number of hydrogen-bond acceptors (Lipinski definition) is 2. The van der Waals surface area contributed by atoms with Crippen LogP contribution >= 0.6 is 23.2 Å². The van der Waals surface area contributed by atoms with Crippen LogP contribution in [0.15, 0.2) is 36.4 Å². The number of carbonyl (C=O) groups excluding carboxylic acids is 1. The van der Waals surface area contributed by atoms with Gasteiger partial charge in [-0.2, -0.15) is 0 Å². The van der Waals surface area contributed by atoms with Crippen molar-refractivity contribution in [3.05, 3.63) is 57.6 Å². The van der Waals surface area contributed by atoms with E-state index in [2.05, 4.69) is 5.32 Å². The van der Waals surface area contributed by atoms with Crippen molar-refractivity contribution in [2.45, 2.75) is 26.9 Å². The van der Waals surface area contributed by atoms with Crippen LogP contribution in [0.3, 0.4) is 0 Å². The minimum absolute atomic E-state index is 0.238. The lowest BCUT2D eigenvalue weighted by Crippen LogP contribution is -2.30. The van der Waals surface area contributed by atoms with Crippen LogP contribution in [0.4, 0.5) is 5.69 Å². The van der Waals surface area contributed by atoms with E-state index in [0.29, 0.717) is 15.8 Å². The third kappa shape index (κ3) is 4.15. The van der Waals surface area contributed by atoms with Crippen LogP contribution in [0, 0.1) is 13.8 Å². The maximum atomic E-state index is 12.2. The molecule has 0 radical (unpaired) electrons. The number of carbonyl (C=O) groups is 1. The molecule has 0 aromatic heterocycles. The average Bonchev–Trinajstić information content (AvgIpc) is 2.44. The van der Waals surface area contributed by atoms with Gasteiger partial charge in [-0.05, 0) is 50.6 Å². The van der Waals surface area contributed by atoms with Crippen molar-refractivity contribution in [2.24, 2.45) is 0 Å². The van der Waals surface area contributed by atoms with E-state index in [9.17, 15) is 4.79 Å². The van der Waals surface area contributed by atoms with Crippen LogP contribution in [-0.2, 0) is 4.79 Å². The highest BCUT2D eigenvalue weighted by Crippen LogP contribution is 2.28. The number of anilines is 1. The summed E-state index contributed by atoms with van der Waals surface area (Å²) in [4.78, 5) is 12.2. The molecule has 0 saturated heterocycles. The highest BCUT2D eigenvalue weighted by atomic mass is 35.5. The molecule has 0 heterocycles. The summed E-state index contributed by atoms with van der Waals surface area (Å²) in [5, 5.41) is 3.75. The van der Waals surface area contributed by atoms with Crippen LogP contribution in [0.5, 0.6) is 5.75 Å². The number of ether oxygens (including phenoxy) is 1. The summed E-state index contributed by atoms with van der Waals surface area (Å²) in [6.07, 6.45) is -0.681. The van der Waals surface area contributed by atoms with Crippen molar-refractivity contribution in [3.63, 3.8) is 0 Å². The molecule has 2 aromatic rings. The van der Waals surface area contributed by atoms with Gasteiger partial charge in [0.25, 0.3) is 5.91 Å².